The summed E-state index contributed by atoms with van der Waals surface area (Å²) in [7, 11) is 1.59. The average Bonchev–Trinajstić information content (AvgIpc) is 2.80. The minimum atomic E-state index is -0.0743. The number of methoxy groups -OCH3 is 1. The van der Waals surface area contributed by atoms with Gasteiger partial charge in [0.25, 0.3) is 0 Å². The van der Waals surface area contributed by atoms with Crippen LogP contribution in [0.4, 0.5) is 11.5 Å². The van der Waals surface area contributed by atoms with Gasteiger partial charge >= 0.3 is 0 Å². The summed E-state index contributed by atoms with van der Waals surface area (Å²) in [5.74, 6) is 4.43. The zero-order chi connectivity index (χ0) is 22.5. The molecular formula is C23H22Cl2N4O3. The number of hydrogen-bond acceptors (Lipinski definition) is 7. The Hall–Kier alpha value is -2.76. The molecule has 1 aliphatic heterocycles. The number of hydrogen-bond donors (Lipinski definition) is 1. The summed E-state index contributed by atoms with van der Waals surface area (Å²) in [6, 6.07) is 8.96. The van der Waals surface area contributed by atoms with Gasteiger partial charge in [0.1, 0.15) is 24.9 Å². The largest absolute Gasteiger partial charge is 0.493 e. The van der Waals surface area contributed by atoms with E-state index in [2.05, 4.69) is 26.1 Å². The van der Waals surface area contributed by atoms with Gasteiger partial charge in [-0.2, -0.15) is 0 Å². The number of terminal acetylenes is 1. The van der Waals surface area contributed by atoms with Crippen LogP contribution in [0.1, 0.15) is 0 Å². The van der Waals surface area contributed by atoms with Gasteiger partial charge in [0.05, 0.1) is 35.8 Å². The molecule has 9 heteroatoms. The lowest BCUT2D eigenvalue weighted by Gasteiger charge is -2.31. The van der Waals surface area contributed by atoms with E-state index < -0.39 is 0 Å². The van der Waals surface area contributed by atoms with Gasteiger partial charge in [-0.25, -0.2) is 9.97 Å². The zero-order valence-electron chi connectivity index (χ0n) is 17.5. The normalized spacial score (nSPS) is 16.5. The van der Waals surface area contributed by atoms with Crippen LogP contribution in [0, 0.1) is 12.3 Å². The first-order valence-electron chi connectivity index (χ1n) is 10.0. The molecule has 0 aliphatic carbocycles. The van der Waals surface area contributed by atoms with Crippen LogP contribution in [0.2, 0.25) is 10.0 Å². The smallest absolute Gasteiger partial charge is 0.163 e. The second-order valence-electron chi connectivity index (χ2n) is 7.24. The van der Waals surface area contributed by atoms with Gasteiger partial charge in [-0.1, -0.05) is 29.1 Å². The lowest BCUT2D eigenvalue weighted by atomic mass is 10.2. The zero-order valence-corrected chi connectivity index (χ0v) is 19.0. The highest BCUT2D eigenvalue weighted by molar-refractivity contribution is 6.42. The first kappa shape index (κ1) is 22.4. The van der Waals surface area contributed by atoms with Crippen LogP contribution < -0.4 is 14.8 Å². The molecule has 3 aromatic rings. The fourth-order valence-electron chi connectivity index (χ4n) is 3.48. The van der Waals surface area contributed by atoms with E-state index in [1.807, 2.05) is 18.2 Å². The Morgan fingerprint density at radius 1 is 1.22 bits per heavy atom. The summed E-state index contributed by atoms with van der Waals surface area (Å²) in [5.41, 5.74) is 1.46. The number of halogens is 2. The van der Waals surface area contributed by atoms with Crippen molar-refractivity contribution in [1.82, 2.24) is 14.9 Å². The van der Waals surface area contributed by atoms with Gasteiger partial charge in [-0.3, -0.25) is 4.90 Å². The molecule has 1 N–H and O–H groups in total. The molecule has 1 fully saturated rings. The Bertz CT molecular complexity index is 1150. The first-order chi connectivity index (χ1) is 15.6. The van der Waals surface area contributed by atoms with Gasteiger partial charge in [0.15, 0.2) is 11.5 Å². The molecular weight excluding hydrogens is 451 g/mol. The van der Waals surface area contributed by atoms with Crippen LogP contribution in [0.3, 0.4) is 0 Å². The Kier molecular flexibility index (Phi) is 7.18. The molecule has 32 heavy (non-hydrogen) atoms. The fourth-order valence-corrected chi connectivity index (χ4v) is 3.78. The molecule has 1 aromatic heterocycles. The summed E-state index contributed by atoms with van der Waals surface area (Å²) in [4.78, 5) is 10.9. The molecule has 0 radical (unpaired) electrons. The summed E-state index contributed by atoms with van der Waals surface area (Å²) in [5, 5.41) is 4.97. The van der Waals surface area contributed by atoms with Gasteiger partial charge in [-0.15, -0.1) is 6.42 Å². The molecule has 2 heterocycles. The Labute approximate surface area is 196 Å². The van der Waals surface area contributed by atoms with Crippen LogP contribution in [0.15, 0.2) is 36.7 Å². The van der Waals surface area contributed by atoms with Gasteiger partial charge in [0, 0.05) is 30.2 Å². The highest BCUT2D eigenvalue weighted by Crippen LogP contribution is 2.35. The molecule has 0 bridgehead atoms. The van der Waals surface area contributed by atoms with Gasteiger partial charge < -0.3 is 19.5 Å². The Morgan fingerprint density at radius 2 is 2.09 bits per heavy atom. The molecule has 7 nitrogen and oxygen atoms in total. The van der Waals surface area contributed by atoms with Crippen LogP contribution in [-0.4, -0.2) is 60.9 Å². The molecule has 4 rings (SSSR count). The number of fused-ring (bicyclic) bond motifs is 1. The van der Waals surface area contributed by atoms with Crippen molar-refractivity contribution in [3.05, 3.63) is 46.7 Å². The molecule has 1 atom stereocenters. The Morgan fingerprint density at radius 3 is 2.88 bits per heavy atom. The van der Waals surface area contributed by atoms with Crippen molar-refractivity contribution in [3.8, 4) is 23.8 Å². The van der Waals surface area contributed by atoms with Crippen molar-refractivity contribution < 1.29 is 14.2 Å². The number of anilines is 2. The second kappa shape index (κ2) is 10.2. The van der Waals surface area contributed by atoms with Crippen molar-refractivity contribution in [2.75, 3.05) is 45.3 Å². The van der Waals surface area contributed by atoms with Crippen molar-refractivity contribution in [2.24, 2.45) is 0 Å². The molecule has 1 aliphatic rings. The minimum Gasteiger partial charge on any atom is -0.493 e. The van der Waals surface area contributed by atoms with Crippen molar-refractivity contribution in [3.63, 3.8) is 0 Å². The standard InChI is InChI=1S/C23H22Cl2N4O3/c1-3-6-29-7-8-31-16(12-29)13-32-22-11-20-17(10-21(22)30-2)23(27-14-26-20)28-15-4-5-18(24)19(25)9-15/h1,4-5,9-11,14,16H,6-8,12-13H2,2H3,(H,26,27,28). The summed E-state index contributed by atoms with van der Waals surface area (Å²) < 4.78 is 17.4. The maximum atomic E-state index is 6.13. The summed E-state index contributed by atoms with van der Waals surface area (Å²) >= 11 is 12.1. The number of morpholine rings is 1. The van der Waals surface area contributed by atoms with E-state index in [-0.39, 0.29) is 6.10 Å². The highest BCUT2D eigenvalue weighted by atomic mass is 35.5. The van der Waals surface area contributed by atoms with Crippen molar-refractivity contribution in [2.45, 2.75) is 6.10 Å². The number of aromatic nitrogens is 2. The highest BCUT2D eigenvalue weighted by Gasteiger charge is 2.21. The molecule has 0 amide bonds. The maximum Gasteiger partial charge on any atom is 0.163 e. The molecule has 2 aromatic carbocycles. The third-order valence-corrected chi connectivity index (χ3v) is 5.80. The number of benzene rings is 2. The van der Waals surface area contributed by atoms with E-state index in [9.17, 15) is 0 Å². The first-order valence-corrected chi connectivity index (χ1v) is 10.8. The topological polar surface area (TPSA) is 68.7 Å². The Balaban J connectivity index is 1.55. The van der Waals surface area contributed by atoms with E-state index >= 15 is 0 Å². The summed E-state index contributed by atoms with van der Waals surface area (Å²) in [6.07, 6.45) is 6.84. The predicted molar refractivity (Wildman–Crippen MR) is 126 cm³/mol. The second-order valence-corrected chi connectivity index (χ2v) is 8.05. The molecule has 166 valence electrons. The molecule has 1 saturated heterocycles. The number of nitrogens with zero attached hydrogens (tertiary/aromatic N) is 3. The fraction of sp³-hybridized carbons (Fsp3) is 0.304. The van der Waals surface area contributed by atoms with Gasteiger partial charge in [-0.05, 0) is 24.3 Å². The maximum absolute atomic E-state index is 6.13. The number of nitrogens with one attached hydrogen (secondary N) is 1. The average molecular weight is 473 g/mol. The van der Waals surface area contributed by atoms with Crippen LogP contribution in [0.5, 0.6) is 11.5 Å². The third-order valence-electron chi connectivity index (χ3n) is 5.07. The van der Waals surface area contributed by atoms with E-state index in [1.165, 1.54) is 6.33 Å². The molecule has 0 saturated carbocycles. The summed E-state index contributed by atoms with van der Waals surface area (Å²) in [6.45, 7) is 3.15. The van der Waals surface area contributed by atoms with Crippen molar-refractivity contribution >= 4 is 45.6 Å². The quantitative estimate of drug-likeness (QED) is 0.510. The number of rotatable bonds is 7. The SMILES string of the molecule is C#CCN1CCOC(COc2cc3ncnc(Nc4ccc(Cl)c(Cl)c4)c3cc2OC)C1. The molecule has 0 spiro atoms. The van der Waals surface area contributed by atoms with Crippen molar-refractivity contribution in [1.29, 1.82) is 0 Å². The number of ether oxygens (including phenoxy) is 3. The monoisotopic (exact) mass is 472 g/mol. The van der Waals surface area contributed by atoms with Crippen LogP contribution >= 0.6 is 23.2 Å². The van der Waals surface area contributed by atoms with Crippen LogP contribution in [-0.2, 0) is 4.74 Å². The van der Waals surface area contributed by atoms with Crippen LogP contribution in [0.25, 0.3) is 10.9 Å². The predicted octanol–water partition coefficient (Wildman–Crippen LogP) is 4.40. The lowest BCUT2D eigenvalue weighted by Crippen LogP contribution is -2.45. The van der Waals surface area contributed by atoms with E-state index in [1.54, 1.807) is 19.2 Å². The lowest BCUT2D eigenvalue weighted by molar-refractivity contribution is -0.0443. The van der Waals surface area contributed by atoms with E-state index in [0.717, 1.165) is 24.2 Å². The minimum absolute atomic E-state index is 0.0743. The van der Waals surface area contributed by atoms with E-state index in [0.29, 0.717) is 52.6 Å². The van der Waals surface area contributed by atoms with Gasteiger partial charge in [0.2, 0.25) is 0 Å². The third kappa shape index (κ3) is 5.17. The molecule has 1 unspecified atom stereocenters. The van der Waals surface area contributed by atoms with E-state index in [4.69, 9.17) is 43.8 Å².